The minimum atomic E-state index is -0.280. The third-order valence-electron chi connectivity index (χ3n) is 4.64. The first-order chi connectivity index (χ1) is 12.2. The molecule has 5 nitrogen and oxygen atoms in total. The van der Waals surface area contributed by atoms with E-state index >= 15 is 0 Å². The molecule has 0 bridgehead atoms. The summed E-state index contributed by atoms with van der Waals surface area (Å²) in [5.41, 5.74) is 0.954. The van der Waals surface area contributed by atoms with Gasteiger partial charge in [0.05, 0.1) is 6.61 Å². The maximum Gasteiger partial charge on any atom is 0.231 e. The normalized spacial score (nSPS) is 21.7. The number of carbonyl (C=O) groups is 1. The number of benzene rings is 2. The first kappa shape index (κ1) is 15.7. The number of carbonyl (C=O) groups excluding carboxylic acids is 1. The van der Waals surface area contributed by atoms with Gasteiger partial charge in [-0.3, -0.25) is 4.79 Å². The summed E-state index contributed by atoms with van der Waals surface area (Å²) in [6.07, 6.45) is 0.376. The Morgan fingerprint density at radius 2 is 1.92 bits per heavy atom. The SMILES string of the molecule is O=C1C[C@@H](c2ccc(F)cc2)[C@H](COc2ccc3c(c2)OCO3)CN1. The minimum absolute atomic E-state index is 0.00311. The van der Waals surface area contributed by atoms with E-state index in [2.05, 4.69) is 5.32 Å². The number of rotatable bonds is 4. The van der Waals surface area contributed by atoms with Crippen molar-refractivity contribution in [2.45, 2.75) is 12.3 Å². The standard InChI is InChI=1S/C19H18FNO4/c20-14-3-1-12(2-4-14)16-8-19(22)21-9-13(16)10-23-15-5-6-17-18(7-15)25-11-24-17/h1-7,13,16H,8-11H2,(H,21,22)/t13-,16-/m0/s1. The Morgan fingerprint density at radius 1 is 1.12 bits per heavy atom. The molecule has 1 saturated heterocycles. The second kappa shape index (κ2) is 6.63. The minimum Gasteiger partial charge on any atom is -0.493 e. The monoisotopic (exact) mass is 343 g/mol. The fourth-order valence-corrected chi connectivity index (χ4v) is 3.27. The maximum atomic E-state index is 13.2. The third kappa shape index (κ3) is 3.38. The summed E-state index contributed by atoms with van der Waals surface area (Å²) in [6.45, 7) is 1.20. The van der Waals surface area contributed by atoms with Crippen molar-refractivity contribution < 1.29 is 23.4 Å². The molecule has 4 rings (SSSR count). The van der Waals surface area contributed by atoms with Crippen molar-refractivity contribution in [3.8, 4) is 17.2 Å². The van der Waals surface area contributed by atoms with Crippen molar-refractivity contribution in [1.29, 1.82) is 0 Å². The molecule has 0 radical (unpaired) electrons. The molecule has 2 heterocycles. The van der Waals surface area contributed by atoms with Crippen LogP contribution in [0.1, 0.15) is 17.9 Å². The first-order valence-corrected chi connectivity index (χ1v) is 8.23. The summed E-state index contributed by atoms with van der Waals surface area (Å²) >= 11 is 0. The Balaban J connectivity index is 1.47. The van der Waals surface area contributed by atoms with Gasteiger partial charge in [0.1, 0.15) is 11.6 Å². The number of fused-ring (bicyclic) bond motifs is 1. The van der Waals surface area contributed by atoms with Crippen LogP contribution in [0.4, 0.5) is 4.39 Å². The Bertz CT molecular complexity index is 777. The van der Waals surface area contributed by atoms with Gasteiger partial charge in [-0.15, -0.1) is 0 Å². The zero-order valence-electron chi connectivity index (χ0n) is 13.5. The highest BCUT2D eigenvalue weighted by molar-refractivity contribution is 5.78. The molecule has 0 spiro atoms. The lowest BCUT2D eigenvalue weighted by Crippen LogP contribution is -2.42. The first-order valence-electron chi connectivity index (χ1n) is 8.23. The predicted octanol–water partition coefficient (Wildman–Crippen LogP) is 2.85. The van der Waals surface area contributed by atoms with Crippen LogP contribution < -0.4 is 19.5 Å². The van der Waals surface area contributed by atoms with E-state index in [4.69, 9.17) is 14.2 Å². The lowest BCUT2D eigenvalue weighted by molar-refractivity contribution is -0.123. The summed E-state index contributed by atoms with van der Waals surface area (Å²) in [5, 5.41) is 2.88. The molecule has 130 valence electrons. The predicted molar refractivity (Wildman–Crippen MR) is 88.3 cm³/mol. The Labute approximate surface area is 144 Å². The molecule has 2 aromatic rings. The van der Waals surface area contributed by atoms with E-state index in [1.54, 1.807) is 18.2 Å². The smallest absolute Gasteiger partial charge is 0.231 e. The van der Waals surface area contributed by atoms with Gasteiger partial charge in [-0.2, -0.15) is 0 Å². The van der Waals surface area contributed by atoms with Gasteiger partial charge in [-0.25, -0.2) is 4.39 Å². The molecule has 1 N–H and O–H groups in total. The highest BCUT2D eigenvalue weighted by Gasteiger charge is 2.31. The van der Waals surface area contributed by atoms with E-state index < -0.39 is 0 Å². The largest absolute Gasteiger partial charge is 0.493 e. The summed E-state index contributed by atoms with van der Waals surface area (Å²) in [4.78, 5) is 11.8. The molecular formula is C19H18FNO4. The van der Waals surface area contributed by atoms with E-state index in [9.17, 15) is 9.18 Å². The number of piperidine rings is 1. The lowest BCUT2D eigenvalue weighted by Gasteiger charge is -2.31. The Hall–Kier alpha value is -2.76. The van der Waals surface area contributed by atoms with Crippen molar-refractivity contribution in [3.05, 3.63) is 53.8 Å². The number of hydrogen-bond donors (Lipinski definition) is 1. The fraction of sp³-hybridized carbons (Fsp3) is 0.316. The lowest BCUT2D eigenvalue weighted by atomic mass is 9.81. The topological polar surface area (TPSA) is 56.8 Å². The molecule has 2 aromatic carbocycles. The number of halogens is 1. The highest BCUT2D eigenvalue weighted by Crippen LogP contribution is 2.36. The Morgan fingerprint density at radius 3 is 2.76 bits per heavy atom. The van der Waals surface area contributed by atoms with Gasteiger partial charge >= 0.3 is 0 Å². The van der Waals surface area contributed by atoms with Crippen molar-refractivity contribution in [2.24, 2.45) is 5.92 Å². The van der Waals surface area contributed by atoms with Gasteiger partial charge in [0.2, 0.25) is 12.7 Å². The molecule has 0 saturated carbocycles. The van der Waals surface area contributed by atoms with Crippen molar-refractivity contribution >= 4 is 5.91 Å². The highest BCUT2D eigenvalue weighted by atomic mass is 19.1. The van der Waals surface area contributed by atoms with E-state index in [0.29, 0.717) is 36.8 Å². The molecule has 0 aliphatic carbocycles. The quantitative estimate of drug-likeness (QED) is 0.927. The van der Waals surface area contributed by atoms with E-state index in [1.807, 2.05) is 12.1 Å². The van der Waals surface area contributed by atoms with Gasteiger partial charge in [-0.05, 0) is 29.8 Å². The molecule has 1 fully saturated rings. The molecular weight excluding hydrogens is 325 g/mol. The average molecular weight is 343 g/mol. The summed E-state index contributed by atoms with van der Waals surface area (Å²) in [7, 11) is 0. The van der Waals surface area contributed by atoms with Crippen LogP contribution in [0.2, 0.25) is 0 Å². The zero-order valence-corrected chi connectivity index (χ0v) is 13.5. The average Bonchev–Trinajstić information content (AvgIpc) is 3.09. The third-order valence-corrected chi connectivity index (χ3v) is 4.64. The van der Waals surface area contributed by atoms with Crippen LogP contribution in [0.5, 0.6) is 17.2 Å². The van der Waals surface area contributed by atoms with E-state index in [1.165, 1.54) is 12.1 Å². The van der Waals surface area contributed by atoms with Crippen LogP contribution in [0.15, 0.2) is 42.5 Å². The number of amides is 1. The van der Waals surface area contributed by atoms with Crippen LogP contribution in [-0.2, 0) is 4.79 Å². The second-order valence-corrected chi connectivity index (χ2v) is 6.25. The molecule has 2 atom stereocenters. The van der Waals surface area contributed by atoms with Gasteiger partial charge in [0, 0.05) is 30.9 Å². The molecule has 0 aromatic heterocycles. The molecule has 2 aliphatic heterocycles. The number of ether oxygens (including phenoxy) is 3. The van der Waals surface area contributed by atoms with E-state index in [-0.39, 0.29) is 30.4 Å². The van der Waals surface area contributed by atoms with Gasteiger partial charge in [-0.1, -0.05) is 12.1 Å². The molecule has 25 heavy (non-hydrogen) atoms. The molecule has 0 unspecified atom stereocenters. The zero-order chi connectivity index (χ0) is 17.2. The summed E-state index contributed by atoms with van der Waals surface area (Å²) in [5.74, 6) is 1.91. The van der Waals surface area contributed by atoms with Gasteiger partial charge in [0.25, 0.3) is 0 Å². The summed E-state index contributed by atoms with van der Waals surface area (Å²) < 4.78 is 29.7. The maximum absolute atomic E-state index is 13.2. The van der Waals surface area contributed by atoms with E-state index in [0.717, 1.165) is 5.56 Å². The number of nitrogens with one attached hydrogen (secondary N) is 1. The van der Waals surface area contributed by atoms with Crippen LogP contribution in [0.25, 0.3) is 0 Å². The number of hydrogen-bond acceptors (Lipinski definition) is 4. The Kier molecular flexibility index (Phi) is 4.17. The van der Waals surface area contributed by atoms with Crippen LogP contribution in [0, 0.1) is 11.7 Å². The van der Waals surface area contributed by atoms with Crippen molar-refractivity contribution in [1.82, 2.24) is 5.32 Å². The molecule has 6 heteroatoms. The molecule has 2 aliphatic rings. The fourth-order valence-electron chi connectivity index (χ4n) is 3.27. The van der Waals surface area contributed by atoms with Crippen LogP contribution >= 0.6 is 0 Å². The van der Waals surface area contributed by atoms with Crippen molar-refractivity contribution in [3.63, 3.8) is 0 Å². The van der Waals surface area contributed by atoms with Crippen LogP contribution in [-0.4, -0.2) is 25.9 Å². The van der Waals surface area contributed by atoms with Crippen molar-refractivity contribution in [2.75, 3.05) is 19.9 Å². The molecule has 1 amide bonds. The van der Waals surface area contributed by atoms with Crippen LogP contribution in [0.3, 0.4) is 0 Å². The second-order valence-electron chi connectivity index (χ2n) is 6.25. The summed E-state index contributed by atoms with van der Waals surface area (Å²) in [6, 6.07) is 11.8. The van der Waals surface area contributed by atoms with Gasteiger partial charge in [0.15, 0.2) is 11.5 Å². The van der Waals surface area contributed by atoms with Gasteiger partial charge < -0.3 is 19.5 Å².